The molecule has 1 unspecified atom stereocenters. The first-order chi connectivity index (χ1) is 14.7. The number of amides is 2. The minimum absolute atomic E-state index is 0.0401. The number of furan rings is 1. The topological polar surface area (TPSA) is 62.6 Å². The highest BCUT2D eigenvalue weighted by atomic mass is 16.3. The van der Waals surface area contributed by atoms with Gasteiger partial charge in [-0.1, -0.05) is 56.0 Å². The highest BCUT2D eigenvalue weighted by Gasteiger charge is 2.30. The SMILES string of the molecule is O=C(NC(c1ccccc1)c1ccco1)C1CCN(C(=O)CCC2CCCC2)CC1. The van der Waals surface area contributed by atoms with Gasteiger partial charge in [-0.15, -0.1) is 0 Å². The van der Waals surface area contributed by atoms with Crippen LogP contribution in [0.2, 0.25) is 0 Å². The lowest BCUT2D eigenvalue weighted by Gasteiger charge is -2.32. The third-order valence-corrected chi connectivity index (χ3v) is 6.71. The molecule has 5 nitrogen and oxygen atoms in total. The molecule has 1 aliphatic heterocycles. The van der Waals surface area contributed by atoms with Crippen molar-refractivity contribution in [1.82, 2.24) is 10.2 Å². The molecule has 30 heavy (non-hydrogen) atoms. The van der Waals surface area contributed by atoms with E-state index in [0.717, 1.165) is 36.5 Å². The first kappa shape index (κ1) is 20.7. The van der Waals surface area contributed by atoms with Gasteiger partial charge in [0, 0.05) is 25.4 Å². The molecule has 0 radical (unpaired) electrons. The lowest BCUT2D eigenvalue weighted by Crippen LogP contribution is -2.43. The van der Waals surface area contributed by atoms with Gasteiger partial charge in [0.2, 0.25) is 11.8 Å². The van der Waals surface area contributed by atoms with E-state index in [2.05, 4.69) is 5.32 Å². The number of piperidine rings is 1. The molecule has 1 saturated heterocycles. The molecule has 0 bridgehead atoms. The number of carbonyl (C=O) groups is 2. The minimum atomic E-state index is -0.292. The molecule has 1 atom stereocenters. The third kappa shape index (κ3) is 5.13. The molecule has 2 aromatic rings. The van der Waals surface area contributed by atoms with Crippen molar-refractivity contribution >= 4 is 11.8 Å². The van der Waals surface area contributed by atoms with Crippen LogP contribution >= 0.6 is 0 Å². The molecule has 4 rings (SSSR count). The largest absolute Gasteiger partial charge is 0.467 e. The Kier molecular flexibility index (Phi) is 6.88. The Morgan fingerprint density at radius 2 is 1.73 bits per heavy atom. The van der Waals surface area contributed by atoms with Crippen molar-refractivity contribution in [2.24, 2.45) is 11.8 Å². The smallest absolute Gasteiger partial charge is 0.224 e. The molecule has 1 aromatic carbocycles. The molecule has 2 amide bonds. The van der Waals surface area contributed by atoms with Crippen LogP contribution in [-0.2, 0) is 9.59 Å². The second-order valence-electron chi connectivity index (χ2n) is 8.71. The Labute approximate surface area is 178 Å². The summed E-state index contributed by atoms with van der Waals surface area (Å²) in [5.74, 6) is 1.71. The molecule has 1 aromatic heterocycles. The fraction of sp³-hybridized carbons (Fsp3) is 0.520. The van der Waals surface area contributed by atoms with Gasteiger partial charge in [-0.25, -0.2) is 0 Å². The maximum atomic E-state index is 13.0. The number of hydrogen-bond donors (Lipinski definition) is 1. The molecule has 2 aliphatic rings. The van der Waals surface area contributed by atoms with Crippen LogP contribution in [0.5, 0.6) is 0 Å². The zero-order chi connectivity index (χ0) is 20.8. The van der Waals surface area contributed by atoms with Crippen LogP contribution in [0.1, 0.15) is 68.7 Å². The Morgan fingerprint density at radius 1 is 1.00 bits per heavy atom. The van der Waals surface area contributed by atoms with E-state index in [0.29, 0.717) is 19.5 Å². The van der Waals surface area contributed by atoms with E-state index >= 15 is 0 Å². The molecule has 5 heteroatoms. The molecular weight excluding hydrogens is 376 g/mol. The second kappa shape index (κ2) is 9.96. The molecule has 1 saturated carbocycles. The Morgan fingerprint density at radius 3 is 2.40 bits per heavy atom. The van der Waals surface area contributed by atoms with E-state index in [-0.39, 0.29) is 23.8 Å². The summed E-state index contributed by atoms with van der Waals surface area (Å²) in [6.45, 7) is 1.36. The van der Waals surface area contributed by atoms with Crippen molar-refractivity contribution in [3.63, 3.8) is 0 Å². The van der Waals surface area contributed by atoms with Crippen molar-refractivity contribution in [2.45, 2.75) is 57.4 Å². The molecule has 1 N–H and O–H groups in total. The highest BCUT2D eigenvalue weighted by molar-refractivity contribution is 5.80. The van der Waals surface area contributed by atoms with Gasteiger partial charge < -0.3 is 14.6 Å². The van der Waals surface area contributed by atoms with E-state index in [1.165, 1.54) is 25.7 Å². The lowest BCUT2D eigenvalue weighted by molar-refractivity contribution is -0.136. The van der Waals surface area contributed by atoms with Crippen LogP contribution in [-0.4, -0.2) is 29.8 Å². The molecule has 2 heterocycles. The number of rotatable bonds is 7. The number of likely N-dealkylation sites (tertiary alicyclic amines) is 1. The molecular formula is C25H32N2O3. The first-order valence-corrected chi connectivity index (χ1v) is 11.4. The Hall–Kier alpha value is -2.56. The molecule has 160 valence electrons. The lowest BCUT2D eigenvalue weighted by atomic mass is 9.94. The van der Waals surface area contributed by atoms with Crippen molar-refractivity contribution in [1.29, 1.82) is 0 Å². The van der Waals surface area contributed by atoms with Gasteiger partial charge in [-0.3, -0.25) is 9.59 Å². The van der Waals surface area contributed by atoms with Crippen LogP contribution in [0.4, 0.5) is 0 Å². The van der Waals surface area contributed by atoms with E-state index < -0.39 is 0 Å². The standard InChI is InChI=1S/C25H32N2O3/c28-23(13-12-19-7-4-5-8-19)27-16-14-21(15-17-27)25(29)26-24(22-11-6-18-30-22)20-9-2-1-3-10-20/h1-3,6,9-11,18-19,21,24H,4-5,7-8,12-17H2,(H,26,29). The summed E-state index contributed by atoms with van der Waals surface area (Å²) < 4.78 is 5.59. The van der Waals surface area contributed by atoms with Gasteiger partial charge in [0.1, 0.15) is 11.8 Å². The second-order valence-corrected chi connectivity index (χ2v) is 8.71. The fourth-order valence-electron chi connectivity index (χ4n) is 4.86. The zero-order valence-electron chi connectivity index (χ0n) is 17.6. The van der Waals surface area contributed by atoms with Crippen LogP contribution in [0.15, 0.2) is 53.1 Å². The number of nitrogens with one attached hydrogen (secondary N) is 1. The van der Waals surface area contributed by atoms with Crippen molar-refractivity contribution in [3.05, 3.63) is 60.1 Å². The van der Waals surface area contributed by atoms with Crippen molar-refractivity contribution < 1.29 is 14.0 Å². The van der Waals surface area contributed by atoms with Crippen LogP contribution in [0, 0.1) is 11.8 Å². The average Bonchev–Trinajstić information content (AvgIpc) is 3.51. The molecule has 1 aliphatic carbocycles. The third-order valence-electron chi connectivity index (χ3n) is 6.71. The summed E-state index contributed by atoms with van der Waals surface area (Å²) in [6, 6.07) is 13.3. The van der Waals surface area contributed by atoms with E-state index in [9.17, 15) is 9.59 Å². The van der Waals surface area contributed by atoms with Crippen LogP contribution < -0.4 is 5.32 Å². The average molecular weight is 409 g/mol. The monoisotopic (exact) mass is 408 g/mol. The maximum absolute atomic E-state index is 13.0. The summed E-state index contributed by atoms with van der Waals surface area (Å²) in [6.07, 6.45) is 9.98. The highest BCUT2D eigenvalue weighted by Crippen LogP contribution is 2.29. The van der Waals surface area contributed by atoms with Gasteiger partial charge in [0.05, 0.1) is 6.26 Å². The normalized spacial score (nSPS) is 19.0. The minimum Gasteiger partial charge on any atom is -0.467 e. The molecule has 2 fully saturated rings. The maximum Gasteiger partial charge on any atom is 0.224 e. The summed E-state index contributed by atoms with van der Waals surface area (Å²) in [5.41, 5.74) is 1.00. The van der Waals surface area contributed by atoms with Gasteiger partial charge in [-0.2, -0.15) is 0 Å². The summed E-state index contributed by atoms with van der Waals surface area (Å²) >= 11 is 0. The predicted molar refractivity (Wildman–Crippen MR) is 116 cm³/mol. The summed E-state index contributed by atoms with van der Waals surface area (Å²) in [5, 5.41) is 3.18. The van der Waals surface area contributed by atoms with Crippen molar-refractivity contribution in [3.8, 4) is 0 Å². The number of benzene rings is 1. The van der Waals surface area contributed by atoms with Gasteiger partial charge in [0.15, 0.2) is 0 Å². The number of nitrogens with zero attached hydrogens (tertiary/aromatic N) is 1. The van der Waals surface area contributed by atoms with Crippen LogP contribution in [0.3, 0.4) is 0 Å². The Balaban J connectivity index is 1.29. The fourth-order valence-corrected chi connectivity index (χ4v) is 4.86. The number of carbonyl (C=O) groups excluding carboxylic acids is 2. The van der Waals surface area contributed by atoms with Crippen LogP contribution in [0.25, 0.3) is 0 Å². The van der Waals surface area contributed by atoms with Gasteiger partial charge in [-0.05, 0) is 42.9 Å². The predicted octanol–water partition coefficient (Wildman–Crippen LogP) is 4.69. The van der Waals surface area contributed by atoms with E-state index in [1.54, 1.807) is 6.26 Å². The van der Waals surface area contributed by atoms with Gasteiger partial charge >= 0.3 is 0 Å². The van der Waals surface area contributed by atoms with E-state index in [4.69, 9.17) is 4.42 Å². The van der Waals surface area contributed by atoms with E-state index in [1.807, 2.05) is 47.4 Å². The zero-order valence-corrected chi connectivity index (χ0v) is 17.6. The Bertz CT molecular complexity index is 804. The van der Waals surface area contributed by atoms with Crippen molar-refractivity contribution in [2.75, 3.05) is 13.1 Å². The molecule has 0 spiro atoms. The van der Waals surface area contributed by atoms with Gasteiger partial charge in [0.25, 0.3) is 0 Å². The first-order valence-electron chi connectivity index (χ1n) is 11.4. The quantitative estimate of drug-likeness (QED) is 0.723. The number of hydrogen-bond acceptors (Lipinski definition) is 3. The summed E-state index contributed by atoms with van der Waals surface area (Å²) in [7, 11) is 0. The summed E-state index contributed by atoms with van der Waals surface area (Å²) in [4.78, 5) is 27.5.